The van der Waals surface area contributed by atoms with E-state index in [4.69, 9.17) is 4.98 Å². The van der Waals surface area contributed by atoms with E-state index in [-0.39, 0.29) is 5.91 Å². The van der Waals surface area contributed by atoms with Crippen LogP contribution in [0.5, 0.6) is 0 Å². The van der Waals surface area contributed by atoms with E-state index in [9.17, 15) is 14.7 Å². The Balaban J connectivity index is 1.48. The van der Waals surface area contributed by atoms with Crippen molar-refractivity contribution in [2.24, 2.45) is 0 Å². The molecule has 5 rings (SSSR count). The molecule has 0 spiro atoms. The van der Waals surface area contributed by atoms with Gasteiger partial charge in [0.25, 0.3) is 0 Å². The Morgan fingerprint density at radius 2 is 1.97 bits per heavy atom. The van der Waals surface area contributed by atoms with E-state index in [1.165, 1.54) is 16.2 Å². The number of nitrogens with zero attached hydrogens (tertiary/aromatic N) is 3. The van der Waals surface area contributed by atoms with Gasteiger partial charge in [0.05, 0.1) is 16.8 Å². The summed E-state index contributed by atoms with van der Waals surface area (Å²) in [6, 6.07) is 10.5. The van der Waals surface area contributed by atoms with Crippen LogP contribution in [0.3, 0.4) is 0 Å². The van der Waals surface area contributed by atoms with Crippen LogP contribution in [-0.4, -0.2) is 51.1 Å². The maximum absolute atomic E-state index is 12.9. The predicted octanol–water partition coefficient (Wildman–Crippen LogP) is 5.84. The van der Waals surface area contributed by atoms with Gasteiger partial charge in [0.1, 0.15) is 10.0 Å². The summed E-state index contributed by atoms with van der Waals surface area (Å²) in [5.41, 5.74) is 5.06. The first-order valence-corrected chi connectivity index (χ1v) is 14.0. The number of thiazole rings is 1. The molecule has 37 heavy (non-hydrogen) atoms. The lowest BCUT2D eigenvalue weighted by molar-refractivity contribution is -0.116. The normalized spacial score (nSPS) is 13.9. The third-order valence-electron chi connectivity index (χ3n) is 6.65. The second kappa shape index (κ2) is 11.0. The number of amides is 2. The van der Waals surface area contributed by atoms with Crippen molar-refractivity contribution in [3.63, 3.8) is 0 Å². The third kappa shape index (κ3) is 5.51. The van der Waals surface area contributed by atoms with Gasteiger partial charge in [-0.2, -0.15) is 0 Å². The van der Waals surface area contributed by atoms with Gasteiger partial charge < -0.3 is 20.6 Å². The molecule has 0 saturated heterocycles. The van der Waals surface area contributed by atoms with Crippen molar-refractivity contribution in [3.8, 4) is 21.7 Å². The Bertz CT molecular complexity index is 1430. The first-order chi connectivity index (χ1) is 17.9. The van der Waals surface area contributed by atoms with Gasteiger partial charge in [-0.3, -0.25) is 9.78 Å². The maximum atomic E-state index is 12.9. The molecule has 4 aromatic rings. The van der Waals surface area contributed by atoms with Crippen molar-refractivity contribution < 1.29 is 14.7 Å². The first-order valence-electron chi connectivity index (χ1n) is 12.4. The highest BCUT2D eigenvalue weighted by atomic mass is 32.1. The number of carbonyl (C=O) groups is 2. The topological polar surface area (TPSA) is 107 Å². The molecular weight excluding hydrogens is 506 g/mol. The summed E-state index contributed by atoms with van der Waals surface area (Å²) in [6.07, 6.45) is 4.59. The van der Waals surface area contributed by atoms with E-state index < -0.39 is 6.09 Å². The van der Waals surface area contributed by atoms with Crippen molar-refractivity contribution in [2.45, 2.75) is 45.7 Å². The second-order valence-corrected chi connectivity index (χ2v) is 11.3. The molecule has 0 aliphatic carbocycles. The van der Waals surface area contributed by atoms with Crippen LogP contribution < -0.4 is 10.6 Å². The van der Waals surface area contributed by atoms with Crippen molar-refractivity contribution in [1.82, 2.24) is 20.2 Å². The average molecular weight is 536 g/mol. The van der Waals surface area contributed by atoms with Crippen LogP contribution in [0.25, 0.3) is 31.9 Å². The quantitative estimate of drug-likeness (QED) is 0.262. The van der Waals surface area contributed by atoms with Gasteiger partial charge in [0, 0.05) is 48.4 Å². The third-order valence-corrected chi connectivity index (χ3v) is 8.84. The Kier molecular flexibility index (Phi) is 7.50. The zero-order valence-electron chi connectivity index (χ0n) is 20.8. The summed E-state index contributed by atoms with van der Waals surface area (Å²) in [4.78, 5) is 35.9. The highest BCUT2D eigenvalue weighted by molar-refractivity contribution is 7.23. The fourth-order valence-corrected chi connectivity index (χ4v) is 6.78. The monoisotopic (exact) mass is 535 g/mol. The molecule has 0 bridgehead atoms. The number of hydrogen-bond donors (Lipinski definition) is 3. The Labute approximate surface area is 223 Å². The fourth-order valence-electron chi connectivity index (χ4n) is 4.40. The average Bonchev–Trinajstić information content (AvgIpc) is 3.48. The molecule has 1 aliphatic rings. The number of rotatable bonds is 8. The van der Waals surface area contributed by atoms with Gasteiger partial charge in [-0.25, -0.2) is 9.78 Å². The van der Waals surface area contributed by atoms with Crippen LogP contribution in [0.4, 0.5) is 9.80 Å². The smallest absolute Gasteiger partial charge is 0.407 e. The van der Waals surface area contributed by atoms with Gasteiger partial charge in [0.15, 0.2) is 0 Å². The van der Waals surface area contributed by atoms with Gasteiger partial charge in [-0.15, -0.1) is 22.7 Å². The molecule has 0 fully saturated rings. The number of anilines is 1. The minimum absolute atomic E-state index is 0.0631. The zero-order valence-corrected chi connectivity index (χ0v) is 22.4. The summed E-state index contributed by atoms with van der Waals surface area (Å²) in [5, 5.41) is 17.6. The molecule has 4 heterocycles. The molecule has 0 saturated carbocycles. The molecule has 3 aromatic heterocycles. The summed E-state index contributed by atoms with van der Waals surface area (Å²) >= 11 is 3.06. The number of carboxylic acid groups (broad SMARTS) is 1. The van der Waals surface area contributed by atoms with Crippen molar-refractivity contribution in [2.75, 3.05) is 18.4 Å². The molecular formula is C27H29N5O3S2. The lowest BCUT2D eigenvalue weighted by Gasteiger charge is -2.24. The van der Waals surface area contributed by atoms with E-state index in [0.717, 1.165) is 53.8 Å². The SMILES string of the molecule is CCC(C)NCCC(=O)Nc1sc2c(c1-c1nc3cc(-c4ccncc4)ccc3s1)CCN(C(=O)O)C2. The molecule has 1 unspecified atom stereocenters. The van der Waals surface area contributed by atoms with Gasteiger partial charge in [-0.1, -0.05) is 13.0 Å². The van der Waals surface area contributed by atoms with Crippen LogP contribution in [0.2, 0.25) is 0 Å². The minimum Gasteiger partial charge on any atom is -0.465 e. The van der Waals surface area contributed by atoms with Crippen LogP contribution in [-0.2, 0) is 17.8 Å². The van der Waals surface area contributed by atoms with E-state index >= 15 is 0 Å². The number of pyridine rings is 1. The summed E-state index contributed by atoms with van der Waals surface area (Å²) in [7, 11) is 0. The summed E-state index contributed by atoms with van der Waals surface area (Å²) in [6.45, 7) is 5.57. The Hall–Kier alpha value is -3.34. The Morgan fingerprint density at radius 3 is 2.73 bits per heavy atom. The number of fused-ring (bicyclic) bond motifs is 2. The van der Waals surface area contributed by atoms with E-state index in [1.807, 2.05) is 12.1 Å². The summed E-state index contributed by atoms with van der Waals surface area (Å²) in [5.74, 6) is -0.0631. The second-order valence-electron chi connectivity index (χ2n) is 9.16. The molecule has 1 aromatic carbocycles. The van der Waals surface area contributed by atoms with Crippen molar-refractivity contribution in [3.05, 3.63) is 53.2 Å². The maximum Gasteiger partial charge on any atom is 0.407 e. The number of nitrogens with one attached hydrogen (secondary N) is 2. The summed E-state index contributed by atoms with van der Waals surface area (Å²) < 4.78 is 1.06. The molecule has 3 N–H and O–H groups in total. The minimum atomic E-state index is -0.925. The Morgan fingerprint density at radius 1 is 1.16 bits per heavy atom. The zero-order chi connectivity index (χ0) is 25.9. The molecule has 2 amide bonds. The van der Waals surface area contributed by atoms with E-state index in [2.05, 4.69) is 47.7 Å². The number of thiophene rings is 1. The van der Waals surface area contributed by atoms with Crippen molar-refractivity contribution >= 4 is 49.9 Å². The largest absolute Gasteiger partial charge is 0.465 e. The standard InChI is InChI=1S/C27H29N5O3S2/c1-3-16(2)29-12-8-23(33)31-26-24(19-9-13-32(27(34)35)15-22(19)37-26)25-30-20-14-18(4-5-21(20)36-25)17-6-10-28-11-7-17/h4-7,10-11,14,16,29H,3,8-9,12-13,15H2,1-2H3,(H,31,33)(H,34,35). The van der Waals surface area contributed by atoms with Gasteiger partial charge in [-0.05, 0) is 60.7 Å². The molecule has 192 valence electrons. The number of benzene rings is 1. The lowest BCUT2D eigenvalue weighted by atomic mass is 10.0. The molecule has 1 atom stereocenters. The van der Waals surface area contributed by atoms with E-state index in [0.29, 0.717) is 38.5 Å². The predicted molar refractivity (Wildman–Crippen MR) is 149 cm³/mol. The fraction of sp³-hybridized carbons (Fsp3) is 0.333. The number of carbonyl (C=O) groups excluding carboxylic acids is 1. The highest BCUT2D eigenvalue weighted by Crippen LogP contribution is 2.46. The van der Waals surface area contributed by atoms with Crippen LogP contribution in [0.15, 0.2) is 42.7 Å². The van der Waals surface area contributed by atoms with Crippen LogP contribution in [0.1, 0.15) is 37.1 Å². The molecule has 0 radical (unpaired) electrons. The highest BCUT2D eigenvalue weighted by Gasteiger charge is 2.29. The molecule has 8 nitrogen and oxygen atoms in total. The van der Waals surface area contributed by atoms with Gasteiger partial charge >= 0.3 is 6.09 Å². The molecule has 1 aliphatic heterocycles. The van der Waals surface area contributed by atoms with Crippen LogP contribution in [0, 0.1) is 0 Å². The molecule has 10 heteroatoms. The van der Waals surface area contributed by atoms with Crippen molar-refractivity contribution in [1.29, 1.82) is 0 Å². The first kappa shape index (κ1) is 25.3. The van der Waals surface area contributed by atoms with E-state index in [1.54, 1.807) is 23.7 Å². The lowest BCUT2D eigenvalue weighted by Crippen LogP contribution is -2.34. The van der Waals surface area contributed by atoms with Gasteiger partial charge in [0.2, 0.25) is 5.91 Å². The van der Waals surface area contributed by atoms with Crippen LogP contribution >= 0.6 is 22.7 Å². The number of aromatic nitrogens is 2. The number of hydrogen-bond acceptors (Lipinski definition) is 7.